The van der Waals surface area contributed by atoms with Crippen molar-refractivity contribution in [2.75, 3.05) is 31.5 Å². The zero-order valence-electron chi connectivity index (χ0n) is 19.2. The van der Waals surface area contributed by atoms with E-state index in [2.05, 4.69) is 65.4 Å². The lowest BCUT2D eigenvalue weighted by Gasteiger charge is -2.42. The highest BCUT2D eigenvalue weighted by molar-refractivity contribution is 5.68. The summed E-state index contributed by atoms with van der Waals surface area (Å²) >= 11 is 0. The quantitative estimate of drug-likeness (QED) is 0.724. The molecule has 3 aliphatic rings. The molecular weight excluding hydrogens is 392 g/mol. The van der Waals surface area contributed by atoms with E-state index in [4.69, 9.17) is 0 Å². The monoisotopic (exact) mass is 426 g/mol. The van der Waals surface area contributed by atoms with Crippen molar-refractivity contribution in [3.05, 3.63) is 70.8 Å². The Kier molecular flexibility index (Phi) is 5.69. The largest absolute Gasteiger partial charge is 0.382 e. The van der Waals surface area contributed by atoms with Crippen molar-refractivity contribution in [2.45, 2.75) is 56.9 Å². The molecule has 0 atom stereocenters. The maximum Gasteiger partial charge on any atom is 0.0991 e. The van der Waals surface area contributed by atoms with Crippen LogP contribution in [0, 0.1) is 18.3 Å². The van der Waals surface area contributed by atoms with E-state index in [-0.39, 0.29) is 5.41 Å². The Morgan fingerprint density at radius 3 is 2.66 bits per heavy atom. The SMILES string of the molecule is C=C(c1ccc(C)c(NC2CCNCC2)c1)N1CCC2(CCc3cc(C#N)ccc32)CC1. The van der Waals surface area contributed by atoms with Crippen molar-refractivity contribution in [2.24, 2.45) is 0 Å². The summed E-state index contributed by atoms with van der Waals surface area (Å²) in [6, 6.07) is 15.9. The van der Waals surface area contributed by atoms with Crippen molar-refractivity contribution < 1.29 is 0 Å². The van der Waals surface area contributed by atoms with E-state index in [1.165, 1.54) is 47.2 Å². The number of fused-ring (bicyclic) bond motifs is 2. The molecule has 2 N–H and O–H groups in total. The second-order valence-corrected chi connectivity index (χ2v) is 9.90. The van der Waals surface area contributed by atoms with Crippen LogP contribution in [0.4, 0.5) is 5.69 Å². The van der Waals surface area contributed by atoms with Gasteiger partial charge in [-0.15, -0.1) is 0 Å². The smallest absolute Gasteiger partial charge is 0.0991 e. The first-order valence-electron chi connectivity index (χ1n) is 12.1. The molecule has 0 aromatic heterocycles. The maximum absolute atomic E-state index is 9.23. The Morgan fingerprint density at radius 1 is 1.12 bits per heavy atom. The summed E-state index contributed by atoms with van der Waals surface area (Å²) in [7, 11) is 0. The maximum atomic E-state index is 9.23. The number of aryl methyl sites for hydroxylation is 2. The first-order valence-corrected chi connectivity index (χ1v) is 12.1. The van der Waals surface area contributed by atoms with Gasteiger partial charge in [0, 0.05) is 30.5 Å². The Balaban J connectivity index is 1.27. The average molecular weight is 427 g/mol. The molecule has 2 fully saturated rings. The minimum Gasteiger partial charge on any atom is -0.382 e. The van der Waals surface area contributed by atoms with Gasteiger partial charge in [-0.2, -0.15) is 5.26 Å². The van der Waals surface area contributed by atoms with Crippen LogP contribution in [0.3, 0.4) is 0 Å². The number of benzene rings is 2. The fourth-order valence-corrected chi connectivity index (χ4v) is 5.95. The normalized spacial score (nSPS) is 20.1. The van der Waals surface area contributed by atoms with Gasteiger partial charge in [0.15, 0.2) is 0 Å². The van der Waals surface area contributed by atoms with Crippen LogP contribution in [-0.4, -0.2) is 37.1 Å². The Labute approximate surface area is 192 Å². The third kappa shape index (κ3) is 3.91. The van der Waals surface area contributed by atoms with Crippen LogP contribution >= 0.6 is 0 Å². The lowest BCUT2D eigenvalue weighted by molar-refractivity contribution is 0.216. The highest BCUT2D eigenvalue weighted by Gasteiger charge is 2.41. The summed E-state index contributed by atoms with van der Waals surface area (Å²) in [5.41, 5.74) is 8.89. The van der Waals surface area contributed by atoms with Gasteiger partial charge in [-0.25, -0.2) is 0 Å². The Bertz CT molecular complexity index is 1050. The van der Waals surface area contributed by atoms with Crippen molar-refractivity contribution in [1.82, 2.24) is 10.2 Å². The molecule has 2 aliphatic heterocycles. The van der Waals surface area contributed by atoms with Gasteiger partial charge in [-0.3, -0.25) is 0 Å². The first-order chi connectivity index (χ1) is 15.6. The molecule has 4 nitrogen and oxygen atoms in total. The van der Waals surface area contributed by atoms with E-state index in [0.29, 0.717) is 6.04 Å². The van der Waals surface area contributed by atoms with Crippen molar-refractivity contribution in [3.8, 4) is 6.07 Å². The van der Waals surface area contributed by atoms with Gasteiger partial charge in [0.25, 0.3) is 0 Å². The molecule has 5 rings (SSSR count). The van der Waals surface area contributed by atoms with Gasteiger partial charge in [0.05, 0.1) is 11.6 Å². The minimum absolute atomic E-state index is 0.287. The second kappa shape index (κ2) is 8.64. The van der Waals surface area contributed by atoms with Gasteiger partial charge < -0.3 is 15.5 Å². The molecule has 0 bridgehead atoms. The zero-order valence-corrected chi connectivity index (χ0v) is 19.2. The fourth-order valence-electron chi connectivity index (χ4n) is 5.95. The zero-order chi connectivity index (χ0) is 22.1. The number of likely N-dealkylation sites (tertiary alicyclic amines) is 1. The molecule has 32 heavy (non-hydrogen) atoms. The Morgan fingerprint density at radius 2 is 1.91 bits per heavy atom. The molecule has 4 heteroatoms. The van der Waals surface area contributed by atoms with Crippen molar-refractivity contribution >= 4 is 11.4 Å². The number of hydrogen-bond donors (Lipinski definition) is 2. The van der Waals surface area contributed by atoms with Crippen LogP contribution in [-0.2, 0) is 11.8 Å². The lowest BCUT2D eigenvalue weighted by atomic mass is 9.73. The van der Waals surface area contributed by atoms with Crippen molar-refractivity contribution in [1.29, 1.82) is 5.26 Å². The van der Waals surface area contributed by atoms with Crippen LogP contribution < -0.4 is 10.6 Å². The minimum atomic E-state index is 0.287. The van der Waals surface area contributed by atoms with E-state index in [0.717, 1.165) is 56.7 Å². The van der Waals surface area contributed by atoms with E-state index < -0.39 is 0 Å². The highest BCUT2D eigenvalue weighted by Crippen LogP contribution is 2.47. The first kappa shape index (κ1) is 21.1. The van der Waals surface area contributed by atoms with Crippen LogP contribution in [0.1, 0.15) is 59.9 Å². The molecule has 166 valence electrons. The molecule has 2 saturated heterocycles. The van der Waals surface area contributed by atoms with Crippen LogP contribution in [0.5, 0.6) is 0 Å². The second-order valence-electron chi connectivity index (χ2n) is 9.90. The van der Waals surface area contributed by atoms with Crippen LogP contribution in [0.25, 0.3) is 5.70 Å². The summed E-state index contributed by atoms with van der Waals surface area (Å²) in [5, 5.41) is 16.5. The molecule has 0 unspecified atom stereocenters. The molecule has 2 aromatic carbocycles. The average Bonchev–Trinajstić information content (AvgIpc) is 3.18. The van der Waals surface area contributed by atoms with Gasteiger partial charge in [-0.05, 0) is 104 Å². The van der Waals surface area contributed by atoms with E-state index in [1.807, 2.05) is 6.07 Å². The third-order valence-corrected chi connectivity index (χ3v) is 8.05. The topological polar surface area (TPSA) is 51.1 Å². The molecule has 0 radical (unpaired) electrons. The van der Waals surface area contributed by atoms with E-state index in [9.17, 15) is 5.26 Å². The van der Waals surface area contributed by atoms with Crippen molar-refractivity contribution in [3.63, 3.8) is 0 Å². The summed E-state index contributed by atoms with van der Waals surface area (Å²) in [4.78, 5) is 2.48. The number of hydrogen-bond acceptors (Lipinski definition) is 4. The van der Waals surface area contributed by atoms with Crippen LogP contribution in [0.15, 0.2) is 43.0 Å². The van der Waals surface area contributed by atoms with Gasteiger partial charge in [-0.1, -0.05) is 24.8 Å². The number of nitrogens with one attached hydrogen (secondary N) is 2. The number of anilines is 1. The van der Waals surface area contributed by atoms with Gasteiger partial charge in [0.2, 0.25) is 0 Å². The molecule has 1 spiro atoms. The molecule has 0 amide bonds. The molecule has 1 aliphatic carbocycles. The lowest BCUT2D eigenvalue weighted by Crippen LogP contribution is -2.40. The number of nitriles is 1. The van der Waals surface area contributed by atoms with Gasteiger partial charge >= 0.3 is 0 Å². The summed E-state index contributed by atoms with van der Waals surface area (Å²) < 4.78 is 0. The standard InChI is InChI=1S/C28H34N4/c1-20-3-5-23(18-27(20)31-25-8-13-30-14-9-25)21(2)32-15-11-28(12-16-32)10-7-24-17-22(19-29)4-6-26(24)28/h3-6,17-18,25,30-31H,2,7-16H2,1H3. The van der Waals surface area contributed by atoms with Gasteiger partial charge in [0.1, 0.15) is 0 Å². The highest BCUT2D eigenvalue weighted by atomic mass is 15.1. The number of piperidine rings is 2. The number of rotatable bonds is 4. The molecular formula is C28H34N4. The predicted octanol–water partition coefficient (Wildman–Crippen LogP) is 4.98. The Hall–Kier alpha value is -2.77. The van der Waals surface area contributed by atoms with Crippen LogP contribution in [0.2, 0.25) is 0 Å². The number of nitrogens with zero attached hydrogens (tertiary/aromatic N) is 2. The predicted molar refractivity (Wildman–Crippen MR) is 132 cm³/mol. The third-order valence-electron chi connectivity index (χ3n) is 8.05. The van der Waals surface area contributed by atoms with E-state index >= 15 is 0 Å². The summed E-state index contributed by atoms with van der Waals surface area (Å²) in [5.74, 6) is 0. The fraction of sp³-hybridized carbons (Fsp3) is 0.464. The van der Waals surface area contributed by atoms with E-state index in [1.54, 1.807) is 0 Å². The summed E-state index contributed by atoms with van der Waals surface area (Å²) in [6.07, 6.45) is 7.00. The molecule has 0 saturated carbocycles. The molecule has 2 aromatic rings. The summed E-state index contributed by atoms with van der Waals surface area (Å²) in [6.45, 7) is 11.0. The molecule has 2 heterocycles.